The molecule has 2 aromatic heterocycles. The van der Waals surface area contributed by atoms with Gasteiger partial charge in [0.2, 0.25) is 5.91 Å². The van der Waals surface area contributed by atoms with Crippen LogP contribution in [0.4, 0.5) is 24.5 Å². The number of carbonyl (C=O) groups is 3. The third-order valence-electron chi connectivity index (χ3n) is 13.2. The van der Waals surface area contributed by atoms with E-state index < -0.39 is 18.3 Å². The van der Waals surface area contributed by atoms with Crippen molar-refractivity contribution in [2.75, 3.05) is 50.9 Å². The number of morpholine rings is 1. The standard InChI is InChI=1S/C51H52F3N7O6/c1-32-22-34-6-4-5-7-37(34)30-59(32)49(64)45-24-38-29-58(48(63)25-36-8-13-42(26-46(36)52)67-21-18-57-16-19-66-20-17-57)15-14-35(38)23-44(45)47-27-43(33(2)56(47)3)50(65)61(39-9-11-41(62)12-10-39)40-28-55-60(31-40)51(53)54/h4-13,23-24,26-28,31-32,51,62H,14-22,25,29-30H2,1-3H3/t32-/m1/s1. The predicted molar refractivity (Wildman–Crippen MR) is 245 cm³/mol. The van der Waals surface area contributed by atoms with Gasteiger partial charge in [-0.05, 0) is 103 Å². The first-order valence-corrected chi connectivity index (χ1v) is 22.5. The van der Waals surface area contributed by atoms with Crippen molar-refractivity contribution >= 4 is 29.1 Å². The van der Waals surface area contributed by atoms with Crippen molar-refractivity contribution in [1.82, 2.24) is 29.0 Å². The van der Waals surface area contributed by atoms with Crippen molar-refractivity contribution in [2.24, 2.45) is 7.05 Å². The van der Waals surface area contributed by atoms with Gasteiger partial charge in [-0.1, -0.05) is 30.3 Å². The van der Waals surface area contributed by atoms with E-state index in [1.54, 1.807) is 37.1 Å². The Morgan fingerprint density at radius 1 is 0.896 bits per heavy atom. The zero-order chi connectivity index (χ0) is 46.9. The third kappa shape index (κ3) is 9.41. The van der Waals surface area contributed by atoms with Gasteiger partial charge in [0.1, 0.15) is 23.9 Å². The fraction of sp³-hybridized carbons (Fsp3) is 0.333. The maximum atomic E-state index is 15.4. The van der Waals surface area contributed by atoms with Crippen LogP contribution in [0.15, 0.2) is 97.3 Å². The minimum atomic E-state index is -2.94. The van der Waals surface area contributed by atoms with Gasteiger partial charge in [-0.2, -0.15) is 13.9 Å². The number of anilines is 2. The Hall–Kier alpha value is -6.91. The summed E-state index contributed by atoms with van der Waals surface area (Å²) in [5, 5.41) is 13.8. The van der Waals surface area contributed by atoms with Crippen LogP contribution in [0.1, 0.15) is 67.7 Å². The topological polar surface area (TPSA) is 126 Å². The number of nitrogens with zero attached hydrogens (tertiary/aromatic N) is 7. The van der Waals surface area contributed by atoms with Crippen LogP contribution in [0.3, 0.4) is 0 Å². The number of hydrogen-bond donors (Lipinski definition) is 1. The molecule has 0 bridgehead atoms. The summed E-state index contributed by atoms with van der Waals surface area (Å²) in [6, 6.07) is 23.9. The lowest BCUT2D eigenvalue weighted by atomic mass is 9.89. The van der Waals surface area contributed by atoms with E-state index in [0.717, 1.165) is 36.0 Å². The van der Waals surface area contributed by atoms with E-state index in [1.807, 2.05) is 46.7 Å². The van der Waals surface area contributed by atoms with Gasteiger partial charge >= 0.3 is 6.55 Å². The first-order chi connectivity index (χ1) is 32.3. The lowest BCUT2D eigenvalue weighted by Crippen LogP contribution is -2.43. The number of phenolic OH excluding ortho intramolecular Hbond substituents is 1. The molecule has 3 aliphatic heterocycles. The van der Waals surface area contributed by atoms with Crippen LogP contribution >= 0.6 is 0 Å². The van der Waals surface area contributed by atoms with Crippen molar-refractivity contribution in [1.29, 1.82) is 0 Å². The SMILES string of the molecule is Cc1c(C(=O)N(c2ccc(O)cc2)c2cnn(C(F)F)c2)cc(-c2cc3c(cc2C(=O)N2Cc4ccccc4C[C@H]2C)CN(C(=O)Cc2ccc(OCCN4CCOCC4)cc2F)CC3)n1C. The van der Waals surface area contributed by atoms with Gasteiger partial charge in [-0.25, -0.2) is 9.07 Å². The summed E-state index contributed by atoms with van der Waals surface area (Å²) < 4.78 is 56.4. The second kappa shape index (κ2) is 19.1. The molecule has 1 saturated heterocycles. The summed E-state index contributed by atoms with van der Waals surface area (Å²) in [4.78, 5) is 50.7. The highest BCUT2D eigenvalue weighted by Gasteiger charge is 2.33. The Bertz CT molecular complexity index is 2820. The average molecular weight is 916 g/mol. The lowest BCUT2D eigenvalue weighted by Gasteiger charge is -2.36. The van der Waals surface area contributed by atoms with Crippen LogP contribution in [0, 0.1) is 12.7 Å². The largest absolute Gasteiger partial charge is 0.508 e. The summed E-state index contributed by atoms with van der Waals surface area (Å²) >= 11 is 0. The second-order valence-corrected chi connectivity index (χ2v) is 17.4. The van der Waals surface area contributed by atoms with Crippen LogP contribution in [-0.4, -0.2) is 104 Å². The molecule has 1 N–H and O–H groups in total. The van der Waals surface area contributed by atoms with E-state index in [1.165, 1.54) is 47.0 Å². The van der Waals surface area contributed by atoms with Gasteiger partial charge in [0.15, 0.2) is 0 Å². The van der Waals surface area contributed by atoms with Gasteiger partial charge in [0, 0.05) is 86.6 Å². The fourth-order valence-electron chi connectivity index (χ4n) is 9.30. The number of rotatable bonds is 12. The van der Waals surface area contributed by atoms with Crippen molar-refractivity contribution in [3.63, 3.8) is 0 Å². The van der Waals surface area contributed by atoms with Crippen LogP contribution in [0.5, 0.6) is 11.5 Å². The van der Waals surface area contributed by atoms with E-state index >= 15 is 9.18 Å². The Balaban J connectivity index is 1.02. The second-order valence-electron chi connectivity index (χ2n) is 17.4. The molecular formula is C51H52F3N7O6. The molecule has 4 aromatic carbocycles. The summed E-state index contributed by atoms with van der Waals surface area (Å²) in [6.07, 6.45) is 3.25. The van der Waals surface area contributed by atoms with Crippen LogP contribution in [0.2, 0.25) is 0 Å². The number of hydrogen-bond acceptors (Lipinski definition) is 8. The number of phenols is 1. The summed E-state index contributed by atoms with van der Waals surface area (Å²) in [5.41, 5.74) is 6.98. The molecular weight excluding hydrogens is 864 g/mol. The number of carbonyl (C=O) groups excluding carboxylic acids is 3. The molecule has 0 saturated carbocycles. The molecule has 5 heterocycles. The number of alkyl halides is 2. The molecule has 0 unspecified atom stereocenters. The predicted octanol–water partition coefficient (Wildman–Crippen LogP) is 7.84. The smallest absolute Gasteiger partial charge is 0.333 e. The van der Waals surface area contributed by atoms with E-state index in [-0.39, 0.29) is 53.4 Å². The molecule has 6 aromatic rings. The number of fused-ring (bicyclic) bond motifs is 2. The molecule has 0 spiro atoms. The molecule has 67 heavy (non-hydrogen) atoms. The van der Waals surface area contributed by atoms with Crippen LogP contribution in [-0.2, 0) is 48.9 Å². The van der Waals surface area contributed by atoms with E-state index in [0.29, 0.717) is 90.9 Å². The molecule has 3 aliphatic rings. The molecule has 16 heteroatoms. The molecule has 9 rings (SSSR count). The van der Waals surface area contributed by atoms with E-state index in [4.69, 9.17) is 9.47 Å². The minimum absolute atomic E-state index is 0.0402. The van der Waals surface area contributed by atoms with E-state index in [2.05, 4.69) is 16.1 Å². The number of aromatic hydroxyl groups is 1. The monoisotopic (exact) mass is 915 g/mol. The minimum Gasteiger partial charge on any atom is -0.508 e. The van der Waals surface area contributed by atoms with Crippen LogP contribution < -0.4 is 9.64 Å². The van der Waals surface area contributed by atoms with Crippen LogP contribution in [0.25, 0.3) is 11.3 Å². The molecule has 0 aliphatic carbocycles. The first-order valence-electron chi connectivity index (χ1n) is 22.5. The fourth-order valence-corrected chi connectivity index (χ4v) is 9.30. The van der Waals surface area contributed by atoms with Gasteiger partial charge in [-0.3, -0.25) is 24.2 Å². The number of halogens is 3. The van der Waals surface area contributed by atoms with Crippen molar-refractivity contribution in [2.45, 2.75) is 58.8 Å². The quantitative estimate of drug-likeness (QED) is 0.132. The van der Waals surface area contributed by atoms with Crippen molar-refractivity contribution < 1.29 is 42.1 Å². The molecule has 1 fully saturated rings. The summed E-state index contributed by atoms with van der Waals surface area (Å²) in [6.45, 7) is 5.96. The Labute approximate surface area is 386 Å². The molecule has 1 atom stereocenters. The number of amides is 3. The van der Waals surface area contributed by atoms with Gasteiger partial charge < -0.3 is 28.9 Å². The summed E-state index contributed by atoms with van der Waals surface area (Å²) in [5.74, 6) is -1.16. The van der Waals surface area contributed by atoms with E-state index in [9.17, 15) is 23.5 Å². The van der Waals surface area contributed by atoms with Crippen molar-refractivity contribution in [3.05, 3.63) is 148 Å². The van der Waals surface area contributed by atoms with Gasteiger partial charge in [0.25, 0.3) is 11.8 Å². The summed E-state index contributed by atoms with van der Waals surface area (Å²) in [7, 11) is 1.80. The maximum absolute atomic E-state index is 15.4. The molecule has 3 amide bonds. The van der Waals surface area contributed by atoms with Crippen molar-refractivity contribution in [3.8, 4) is 22.8 Å². The lowest BCUT2D eigenvalue weighted by molar-refractivity contribution is -0.131. The Morgan fingerprint density at radius 3 is 2.39 bits per heavy atom. The highest BCUT2D eigenvalue weighted by atomic mass is 19.3. The zero-order valence-electron chi connectivity index (χ0n) is 37.6. The number of ether oxygens (including phenoxy) is 2. The maximum Gasteiger partial charge on any atom is 0.333 e. The normalized spacial score (nSPS) is 16.2. The highest BCUT2D eigenvalue weighted by Crippen LogP contribution is 2.37. The Kier molecular flexibility index (Phi) is 12.9. The molecule has 13 nitrogen and oxygen atoms in total. The number of benzene rings is 4. The number of aromatic nitrogens is 3. The third-order valence-corrected chi connectivity index (χ3v) is 13.2. The van der Waals surface area contributed by atoms with Gasteiger partial charge in [0.05, 0.1) is 43.3 Å². The highest BCUT2D eigenvalue weighted by molar-refractivity contribution is 6.12. The Morgan fingerprint density at radius 2 is 1.66 bits per heavy atom. The van der Waals surface area contributed by atoms with Gasteiger partial charge in [-0.15, -0.1) is 0 Å². The molecule has 348 valence electrons. The average Bonchev–Trinajstić information content (AvgIpc) is 3.94. The zero-order valence-corrected chi connectivity index (χ0v) is 37.6. The first kappa shape index (κ1) is 45.3. The molecule has 0 radical (unpaired) electrons.